The van der Waals surface area contributed by atoms with Gasteiger partial charge in [-0.25, -0.2) is 8.78 Å². The number of halogens is 2. The molecule has 0 radical (unpaired) electrons. The number of carbonyl (C=O) groups excluding carboxylic acids is 1. The van der Waals surface area contributed by atoms with E-state index < -0.39 is 11.6 Å². The molecule has 20 heavy (non-hydrogen) atoms. The van der Waals surface area contributed by atoms with E-state index in [0.29, 0.717) is 0 Å². The first kappa shape index (κ1) is 13.0. The molecular weight excluding hydrogens is 258 g/mol. The van der Waals surface area contributed by atoms with E-state index in [1.54, 1.807) is 0 Å². The van der Waals surface area contributed by atoms with E-state index in [0.717, 1.165) is 43.0 Å². The Bertz CT molecular complexity index is 677. The van der Waals surface area contributed by atoms with Crippen molar-refractivity contribution in [2.24, 2.45) is 0 Å². The lowest BCUT2D eigenvalue weighted by Crippen LogP contribution is -2.07. The molecule has 3 heteroatoms. The van der Waals surface area contributed by atoms with E-state index in [1.165, 1.54) is 11.1 Å². The molecule has 1 nitrogen and oxygen atoms in total. The predicted molar refractivity (Wildman–Crippen MR) is 72.9 cm³/mol. The van der Waals surface area contributed by atoms with E-state index >= 15 is 0 Å². The average molecular weight is 272 g/mol. The highest BCUT2D eigenvalue weighted by molar-refractivity contribution is 5.97. The van der Waals surface area contributed by atoms with Gasteiger partial charge in [-0.3, -0.25) is 4.79 Å². The molecule has 0 saturated carbocycles. The number of carbonyl (C=O) groups is 1. The SMILES string of the molecule is O=C(Cc1ccc2c(c1)CCC2)c1cc(F)ccc1F. The minimum atomic E-state index is -0.669. The number of hydrogen-bond donors (Lipinski definition) is 0. The van der Waals surface area contributed by atoms with Gasteiger partial charge in [0.1, 0.15) is 11.6 Å². The maximum absolute atomic E-state index is 13.6. The number of fused-ring (bicyclic) bond motifs is 1. The molecule has 0 spiro atoms. The van der Waals surface area contributed by atoms with Crippen LogP contribution in [0.1, 0.15) is 33.5 Å². The Hall–Kier alpha value is -2.03. The van der Waals surface area contributed by atoms with E-state index in [-0.39, 0.29) is 17.8 Å². The van der Waals surface area contributed by atoms with Crippen molar-refractivity contribution in [1.82, 2.24) is 0 Å². The van der Waals surface area contributed by atoms with Crippen LogP contribution in [0.2, 0.25) is 0 Å². The normalized spacial score (nSPS) is 13.3. The van der Waals surface area contributed by atoms with Crippen molar-refractivity contribution < 1.29 is 13.6 Å². The minimum Gasteiger partial charge on any atom is -0.294 e. The lowest BCUT2D eigenvalue weighted by atomic mass is 9.99. The highest BCUT2D eigenvalue weighted by Gasteiger charge is 2.15. The van der Waals surface area contributed by atoms with Gasteiger partial charge >= 0.3 is 0 Å². The second-order valence-electron chi connectivity index (χ2n) is 5.18. The van der Waals surface area contributed by atoms with Gasteiger partial charge in [0.2, 0.25) is 0 Å². The Morgan fingerprint density at radius 2 is 1.80 bits per heavy atom. The van der Waals surface area contributed by atoms with Crippen molar-refractivity contribution in [3.63, 3.8) is 0 Å². The van der Waals surface area contributed by atoms with Crippen LogP contribution in [0.15, 0.2) is 36.4 Å². The van der Waals surface area contributed by atoms with Gasteiger partial charge in [0.15, 0.2) is 5.78 Å². The van der Waals surface area contributed by atoms with Crippen LogP contribution >= 0.6 is 0 Å². The minimum absolute atomic E-state index is 0.105. The van der Waals surface area contributed by atoms with Crippen molar-refractivity contribution in [1.29, 1.82) is 0 Å². The van der Waals surface area contributed by atoms with Crippen LogP contribution in [0, 0.1) is 11.6 Å². The Kier molecular flexibility index (Phi) is 3.35. The van der Waals surface area contributed by atoms with Crippen molar-refractivity contribution >= 4 is 5.78 Å². The maximum atomic E-state index is 13.6. The zero-order chi connectivity index (χ0) is 14.1. The zero-order valence-corrected chi connectivity index (χ0v) is 11.0. The van der Waals surface area contributed by atoms with E-state index in [4.69, 9.17) is 0 Å². The van der Waals surface area contributed by atoms with Crippen LogP contribution < -0.4 is 0 Å². The molecule has 0 bridgehead atoms. The predicted octanol–water partition coefficient (Wildman–Crippen LogP) is 3.88. The van der Waals surface area contributed by atoms with E-state index in [9.17, 15) is 13.6 Å². The summed E-state index contributed by atoms with van der Waals surface area (Å²) in [6.07, 6.45) is 3.37. The molecule has 0 saturated heterocycles. The van der Waals surface area contributed by atoms with Gasteiger partial charge in [-0.1, -0.05) is 18.2 Å². The lowest BCUT2D eigenvalue weighted by Gasteiger charge is -2.06. The second kappa shape index (κ2) is 5.16. The standard InChI is InChI=1S/C17H14F2O/c18-14-6-7-16(19)15(10-14)17(20)9-11-4-5-12-2-1-3-13(12)8-11/h4-8,10H,1-3,9H2. The molecule has 0 amide bonds. The Balaban J connectivity index is 1.84. The molecule has 1 aliphatic rings. The molecule has 2 aromatic carbocycles. The number of benzene rings is 2. The second-order valence-corrected chi connectivity index (χ2v) is 5.18. The van der Waals surface area contributed by atoms with Crippen molar-refractivity contribution in [3.8, 4) is 0 Å². The molecule has 0 aromatic heterocycles. The smallest absolute Gasteiger partial charge is 0.170 e. The molecule has 0 fully saturated rings. The molecule has 0 atom stereocenters. The largest absolute Gasteiger partial charge is 0.294 e. The van der Waals surface area contributed by atoms with Gasteiger partial charge in [-0.2, -0.15) is 0 Å². The highest BCUT2D eigenvalue weighted by Crippen LogP contribution is 2.23. The monoisotopic (exact) mass is 272 g/mol. The molecular formula is C17H14F2O. The van der Waals surface area contributed by atoms with Crippen LogP contribution in [0.25, 0.3) is 0 Å². The number of rotatable bonds is 3. The third kappa shape index (κ3) is 2.48. The quantitative estimate of drug-likeness (QED) is 0.775. The summed E-state index contributed by atoms with van der Waals surface area (Å²) in [4.78, 5) is 12.1. The third-order valence-electron chi connectivity index (χ3n) is 3.76. The summed E-state index contributed by atoms with van der Waals surface area (Å²) >= 11 is 0. The van der Waals surface area contributed by atoms with Crippen LogP contribution in [0.5, 0.6) is 0 Å². The first-order chi connectivity index (χ1) is 9.63. The summed E-state index contributed by atoms with van der Waals surface area (Å²) in [6, 6.07) is 8.92. The first-order valence-corrected chi connectivity index (χ1v) is 6.72. The van der Waals surface area contributed by atoms with Gasteiger partial charge in [0, 0.05) is 6.42 Å². The summed E-state index contributed by atoms with van der Waals surface area (Å²) in [6.45, 7) is 0. The number of aryl methyl sites for hydroxylation is 2. The van der Waals surface area contributed by atoms with Crippen LogP contribution in [-0.2, 0) is 19.3 Å². The first-order valence-electron chi connectivity index (χ1n) is 6.72. The molecule has 3 rings (SSSR count). The number of ketones is 1. The topological polar surface area (TPSA) is 17.1 Å². The fourth-order valence-electron chi connectivity index (χ4n) is 2.73. The molecule has 0 unspecified atom stereocenters. The molecule has 1 aliphatic carbocycles. The van der Waals surface area contributed by atoms with Crippen LogP contribution in [0.3, 0.4) is 0 Å². The summed E-state index contributed by atoms with van der Waals surface area (Å²) in [7, 11) is 0. The number of hydrogen-bond acceptors (Lipinski definition) is 1. The molecule has 0 heterocycles. The molecule has 0 aliphatic heterocycles. The fraction of sp³-hybridized carbons (Fsp3) is 0.235. The van der Waals surface area contributed by atoms with Crippen molar-refractivity contribution in [3.05, 3.63) is 70.3 Å². The fourth-order valence-corrected chi connectivity index (χ4v) is 2.73. The summed E-state index contributed by atoms with van der Waals surface area (Å²) in [5.41, 5.74) is 3.29. The summed E-state index contributed by atoms with van der Waals surface area (Å²) in [5.74, 6) is -1.65. The lowest BCUT2D eigenvalue weighted by molar-refractivity contribution is 0.0988. The molecule has 2 aromatic rings. The van der Waals surface area contributed by atoms with E-state index in [1.807, 2.05) is 18.2 Å². The van der Waals surface area contributed by atoms with E-state index in [2.05, 4.69) is 0 Å². The Morgan fingerprint density at radius 1 is 1.00 bits per heavy atom. The van der Waals surface area contributed by atoms with Gasteiger partial charge in [0.05, 0.1) is 5.56 Å². The molecule has 102 valence electrons. The zero-order valence-electron chi connectivity index (χ0n) is 11.0. The summed E-state index contributed by atoms with van der Waals surface area (Å²) < 4.78 is 26.7. The van der Waals surface area contributed by atoms with Crippen LogP contribution in [-0.4, -0.2) is 5.78 Å². The number of Topliss-reactive ketones (excluding diaryl/α,β-unsaturated/α-hetero) is 1. The Labute approximate surface area is 116 Å². The van der Waals surface area contributed by atoms with Gasteiger partial charge in [-0.15, -0.1) is 0 Å². The van der Waals surface area contributed by atoms with Gasteiger partial charge in [0.25, 0.3) is 0 Å². The molecule has 0 N–H and O–H groups in total. The van der Waals surface area contributed by atoms with Crippen LogP contribution in [0.4, 0.5) is 8.78 Å². The summed E-state index contributed by atoms with van der Waals surface area (Å²) in [5, 5.41) is 0. The van der Waals surface area contributed by atoms with Gasteiger partial charge < -0.3 is 0 Å². The Morgan fingerprint density at radius 3 is 2.65 bits per heavy atom. The third-order valence-corrected chi connectivity index (χ3v) is 3.76. The van der Waals surface area contributed by atoms with Gasteiger partial charge in [-0.05, 0) is 54.2 Å². The van der Waals surface area contributed by atoms with Crippen molar-refractivity contribution in [2.45, 2.75) is 25.7 Å². The van der Waals surface area contributed by atoms with Crippen molar-refractivity contribution in [2.75, 3.05) is 0 Å². The highest BCUT2D eigenvalue weighted by atomic mass is 19.1. The average Bonchev–Trinajstić information content (AvgIpc) is 2.89. The maximum Gasteiger partial charge on any atom is 0.170 e.